The van der Waals surface area contributed by atoms with Crippen molar-refractivity contribution in [2.45, 2.75) is 0 Å². The van der Waals surface area contributed by atoms with Gasteiger partial charge in [0.2, 0.25) is 0 Å². The molecule has 0 saturated carbocycles. The molecule has 0 aromatic carbocycles. The van der Waals surface area contributed by atoms with Crippen LogP contribution in [0.4, 0.5) is 0 Å². The summed E-state index contributed by atoms with van der Waals surface area (Å²) in [6.07, 6.45) is 1.56. The van der Waals surface area contributed by atoms with Crippen molar-refractivity contribution in [3.63, 3.8) is 0 Å². The summed E-state index contributed by atoms with van der Waals surface area (Å²) in [7, 11) is 1.49. The largest absolute Gasteiger partial charge is 0.479 e. The zero-order valence-corrected chi connectivity index (χ0v) is 8.15. The molecule has 5 heteroatoms. The van der Waals surface area contributed by atoms with Crippen molar-refractivity contribution in [1.29, 1.82) is 0 Å². The summed E-state index contributed by atoms with van der Waals surface area (Å²) < 4.78 is 10.0. The molecule has 0 bridgehead atoms. The highest BCUT2D eigenvalue weighted by Gasteiger charge is 2.08. The van der Waals surface area contributed by atoms with Crippen LogP contribution < -0.4 is 4.74 Å². The predicted molar refractivity (Wildman–Crippen MR) is 51.3 cm³/mol. The van der Waals surface area contributed by atoms with Crippen LogP contribution >= 0.6 is 11.6 Å². The number of halogens is 1. The minimum Gasteiger partial charge on any atom is -0.479 e. The number of hydrogen-bond donors (Lipinski definition) is 0. The van der Waals surface area contributed by atoms with Gasteiger partial charge in [-0.05, 0) is 18.2 Å². The van der Waals surface area contributed by atoms with Gasteiger partial charge in [0, 0.05) is 0 Å². The van der Waals surface area contributed by atoms with Gasteiger partial charge in [0.1, 0.15) is 10.7 Å². The molecule has 2 heterocycles. The van der Waals surface area contributed by atoms with Gasteiger partial charge in [0.15, 0.2) is 5.76 Å². The molecular weight excluding hydrogens is 204 g/mol. The molecule has 72 valence electrons. The highest BCUT2D eigenvalue weighted by Crippen LogP contribution is 2.25. The Morgan fingerprint density at radius 1 is 1.43 bits per heavy atom. The average molecular weight is 211 g/mol. The fraction of sp³-hybridized carbons (Fsp3) is 0.111. The molecule has 0 spiro atoms. The Hall–Kier alpha value is -1.55. The van der Waals surface area contributed by atoms with Crippen LogP contribution in [0.5, 0.6) is 5.88 Å². The molecule has 2 rings (SSSR count). The first-order valence-corrected chi connectivity index (χ1v) is 4.30. The zero-order chi connectivity index (χ0) is 9.97. The van der Waals surface area contributed by atoms with E-state index >= 15 is 0 Å². The van der Waals surface area contributed by atoms with E-state index in [-0.39, 0.29) is 0 Å². The molecule has 2 aromatic heterocycles. The van der Waals surface area contributed by atoms with Crippen LogP contribution in [0, 0.1) is 0 Å². The van der Waals surface area contributed by atoms with Gasteiger partial charge in [0.25, 0.3) is 5.88 Å². The summed E-state index contributed by atoms with van der Waals surface area (Å²) in [6.45, 7) is 0. The van der Waals surface area contributed by atoms with E-state index in [0.29, 0.717) is 22.4 Å². The van der Waals surface area contributed by atoms with E-state index in [1.807, 2.05) is 0 Å². The van der Waals surface area contributed by atoms with Crippen LogP contribution in [0.15, 0.2) is 28.9 Å². The van der Waals surface area contributed by atoms with E-state index in [1.165, 1.54) is 7.11 Å². The van der Waals surface area contributed by atoms with Gasteiger partial charge in [-0.2, -0.15) is 0 Å². The van der Waals surface area contributed by atoms with Crippen LogP contribution in [0.3, 0.4) is 0 Å². The molecule has 0 amide bonds. The SMILES string of the molecule is COc1nnc(-c2ccco2)cc1Cl. The Morgan fingerprint density at radius 3 is 2.86 bits per heavy atom. The molecule has 0 radical (unpaired) electrons. The summed E-state index contributed by atoms with van der Waals surface area (Å²) in [5.41, 5.74) is 0.584. The van der Waals surface area contributed by atoms with Crippen LogP contribution in [-0.4, -0.2) is 17.3 Å². The van der Waals surface area contributed by atoms with Gasteiger partial charge in [-0.1, -0.05) is 11.6 Å². The molecule has 0 unspecified atom stereocenters. The van der Waals surface area contributed by atoms with E-state index in [9.17, 15) is 0 Å². The number of hydrogen-bond acceptors (Lipinski definition) is 4. The normalized spacial score (nSPS) is 10.1. The number of ether oxygens (including phenoxy) is 1. The second-order valence-corrected chi connectivity index (χ2v) is 2.97. The third kappa shape index (κ3) is 1.56. The molecule has 0 N–H and O–H groups in total. The molecular formula is C9H7ClN2O2. The molecule has 0 aliphatic rings. The molecule has 0 fully saturated rings. The molecule has 0 saturated heterocycles. The van der Waals surface area contributed by atoms with Crippen molar-refractivity contribution in [2.24, 2.45) is 0 Å². The zero-order valence-electron chi connectivity index (χ0n) is 7.40. The Bertz CT molecular complexity index is 428. The maximum atomic E-state index is 5.88. The third-order valence-electron chi connectivity index (χ3n) is 1.68. The van der Waals surface area contributed by atoms with Crippen LogP contribution in [0.25, 0.3) is 11.5 Å². The average Bonchev–Trinajstić information content (AvgIpc) is 2.70. The van der Waals surface area contributed by atoms with Crippen LogP contribution in [0.1, 0.15) is 0 Å². The van der Waals surface area contributed by atoms with Gasteiger partial charge in [0.05, 0.1) is 13.4 Å². The minimum absolute atomic E-state index is 0.307. The predicted octanol–water partition coefficient (Wildman–Crippen LogP) is 2.40. The smallest absolute Gasteiger partial charge is 0.252 e. The monoisotopic (exact) mass is 210 g/mol. The van der Waals surface area contributed by atoms with E-state index < -0.39 is 0 Å². The lowest BCUT2D eigenvalue weighted by Crippen LogP contribution is -1.93. The molecule has 0 aliphatic carbocycles. The fourth-order valence-corrected chi connectivity index (χ4v) is 1.26. The molecule has 4 nitrogen and oxygen atoms in total. The number of rotatable bonds is 2. The van der Waals surface area contributed by atoms with Gasteiger partial charge in [-0.15, -0.1) is 10.2 Å². The molecule has 14 heavy (non-hydrogen) atoms. The van der Waals surface area contributed by atoms with Gasteiger partial charge in [-0.3, -0.25) is 0 Å². The van der Waals surface area contributed by atoms with E-state index in [0.717, 1.165) is 0 Å². The molecule has 0 aliphatic heterocycles. The van der Waals surface area contributed by atoms with Crippen molar-refractivity contribution >= 4 is 11.6 Å². The van der Waals surface area contributed by atoms with Crippen LogP contribution in [-0.2, 0) is 0 Å². The number of nitrogens with zero attached hydrogens (tertiary/aromatic N) is 2. The summed E-state index contributed by atoms with van der Waals surface area (Å²) >= 11 is 5.88. The van der Waals surface area contributed by atoms with Crippen molar-refractivity contribution in [2.75, 3.05) is 7.11 Å². The molecule has 2 aromatic rings. The standard InChI is InChI=1S/C9H7ClN2O2/c1-13-9-6(10)5-7(11-12-9)8-3-2-4-14-8/h2-5H,1H3. The Balaban J connectivity index is 2.43. The highest BCUT2D eigenvalue weighted by atomic mass is 35.5. The maximum Gasteiger partial charge on any atom is 0.252 e. The lowest BCUT2D eigenvalue weighted by Gasteiger charge is -2.00. The summed E-state index contributed by atoms with van der Waals surface area (Å²) in [4.78, 5) is 0. The quantitative estimate of drug-likeness (QED) is 0.764. The second kappa shape index (κ2) is 3.67. The summed E-state index contributed by atoms with van der Waals surface area (Å²) in [5.74, 6) is 0.934. The number of aromatic nitrogens is 2. The minimum atomic E-state index is 0.307. The lowest BCUT2D eigenvalue weighted by atomic mass is 10.3. The number of methoxy groups -OCH3 is 1. The highest BCUT2D eigenvalue weighted by molar-refractivity contribution is 6.32. The van der Waals surface area contributed by atoms with Crippen LogP contribution in [0.2, 0.25) is 5.02 Å². The fourth-order valence-electron chi connectivity index (χ4n) is 1.04. The topological polar surface area (TPSA) is 48.2 Å². The first kappa shape index (κ1) is 9.02. The maximum absolute atomic E-state index is 5.88. The van der Waals surface area contributed by atoms with Crippen molar-refractivity contribution < 1.29 is 9.15 Å². The van der Waals surface area contributed by atoms with Gasteiger partial charge < -0.3 is 9.15 Å². The Morgan fingerprint density at radius 2 is 2.29 bits per heavy atom. The van der Waals surface area contributed by atoms with Crippen molar-refractivity contribution in [1.82, 2.24) is 10.2 Å². The summed E-state index contributed by atoms with van der Waals surface area (Å²) in [5, 5.41) is 8.10. The number of furan rings is 1. The summed E-state index contributed by atoms with van der Waals surface area (Å²) in [6, 6.07) is 5.20. The van der Waals surface area contributed by atoms with E-state index in [2.05, 4.69) is 10.2 Å². The van der Waals surface area contributed by atoms with E-state index in [4.69, 9.17) is 20.8 Å². The van der Waals surface area contributed by atoms with E-state index in [1.54, 1.807) is 24.5 Å². The first-order valence-electron chi connectivity index (χ1n) is 3.92. The molecule has 0 atom stereocenters. The first-order chi connectivity index (χ1) is 6.81. The van der Waals surface area contributed by atoms with Gasteiger partial charge in [-0.25, -0.2) is 0 Å². The lowest BCUT2D eigenvalue weighted by molar-refractivity contribution is 0.392. The van der Waals surface area contributed by atoms with Crippen molar-refractivity contribution in [3.8, 4) is 17.3 Å². The third-order valence-corrected chi connectivity index (χ3v) is 1.95. The van der Waals surface area contributed by atoms with Gasteiger partial charge >= 0.3 is 0 Å². The second-order valence-electron chi connectivity index (χ2n) is 2.56. The Labute approximate surface area is 85.5 Å². The van der Waals surface area contributed by atoms with Crippen molar-refractivity contribution in [3.05, 3.63) is 29.5 Å². The Kier molecular flexibility index (Phi) is 2.37.